The van der Waals surface area contributed by atoms with Crippen molar-refractivity contribution in [2.75, 3.05) is 39.9 Å². The van der Waals surface area contributed by atoms with E-state index in [0.29, 0.717) is 6.61 Å². The van der Waals surface area contributed by atoms with Gasteiger partial charge in [0.15, 0.2) is 11.5 Å². The molecule has 21 heavy (non-hydrogen) atoms. The molecule has 1 fully saturated rings. The molecule has 2 rings (SSSR count). The Bertz CT molecular complexity index is 433. The molecule has 0 unspecified atom stereocenters. The van der Waals surface area contributed by atoms with Crippen LogP contribution in [0.1, 0.15) is 26.7 Å². The van der Waals surface area contributed by atoms with E-state index in [1.54, 1.807) is 7.11 Å². The van der Waals surface area contributed by atoms with Crippen LogP contribution in [0.4, 0.5) is 0 Å². The summed E-state index contributed by atoms with van der Waals surface area (Å²) in [5.41, 5.74) is 0.280. The Labute approximate surface area is 128 Å². The van der Waals surface area contributed by atoms with Gasteiger partial charge in [0, 0.05) is 31.7 Å². The van der Waals surface area contributed by atoms with Crippen molar-refractivity contribution in [2.24, 2.45) is 0 Å². The minimum absolute atomic E-state index is 0.280. The Balaban J connectivity index is 1.92. The lowest BCUT2D eigenvalue weighted by Gasteiger charge is -2.47. The molecule has 1 aliphatic rings. The molecule has 1 N–H and O–H groups in total. The lowest BCUT2D eigenvalue weighted by atomic mass is 9.88. The standard InChI is InChI=1S/C17H28N2O2/c1-4-17(5-2)14-18-10-11-19(17)12-13-21-16-9-7-6-8-15(16)20-3/h6-9,18H,4-5,10-14H2,1-3H3. The fourth-order valence-corrected chi connectivity index (χ4v) is 3.18. The molecule has 1 aromatic rings. The SMILES string of the molecule is CCC1(CC)CNCCN1CCOc1ccccc1OC. The molecule has 4 heteroatoms. The molecule has 1 aliphatic heterocycles. The predicted molar refractivity (Wildman–Crippen MR) is 86.2 cm³/mol. The molecular formula is C17H28N2O2. The van der Waals surface area contributed by atoms with Gasteiger partial charge in [-0.05, 0) is 25.0 Å². The van der Waals surface area contributed by atoms with Gasteiger partial charge in [-0.25, -0.2) is 0 Å². The van der Waals surface area contributed by atoms with Crippen molar-refractivity contribution >= 4 is 0 Å². The van der Waals surface area contributed by atoms with Crippen LogP contribution in [0.15, 0.2) is 24.3 Å². The van der Waals surface area contributed by atoms with Gasteiger partial charge in [0.05, 0.1) is 7.11 Å². The Hall–Kier alpha value is -1.26. The second-order valence-corrected chi connectivity index (χ2v) is 5.59. The number of ether oxygens (including phenoxy) is 2. The van der Waals surface area contributed by atoms with Crippen LogP contribution < -0.4 is 14.8 Å². The van der Waals surface area contributed by atoms with Crippen LogP contribution in [0.5, 0.6) is 11.5 Å². The van der Waals surface area contributed by atoms with Crippen LogP contribution in [-0.4, -0.2) is 50.3 Å². The lowest BCUT2D eigenvalue weighted by molar-refractivity contribution is 0.0400. The van der Waals surface area contributed by atoms with Crippen molar-refractivity contribution in [3.8, 4) is 11.5 Å². The fraction of sp³-hybridized carbons (Fsp3) is 0.647. The van der Waals surface area contributed by atoms with Gasteiger partial charge in [0.2, 0.25) is 0 Å². The molecule has 0 spiro atoms. The maximum atomic E-state index is 5.93. The van der Waals surface area contributed by atoms with E-state index in [1.165, 1.54) is 12.8 Å². The summed E-state index contributed by atoms with van der Waals surface area (Å²) in [6.45, 7) is 9.46. The monoisotopic (exact) mass is 292 g/mol. The van der Waals surface area contributed by atoms with Crippen molar-refractivity contribution in [1.82, 2.24) is 10.2 Å². The van der Waals surface area contributed by atoms with Crippen molar-refractivity contribution < 1.29 is 9.47 Å². The number of piperazine rings is 1. The molecule has 0 amide bonds. The zero-order valence-electron chi connectivity index (χ0n) is 13.5. The summed E-state index contributed by atoms with van der Waals surface area (Å²) in [4.78, 5) is 2.58. The van der Waals surface area contributed by atoms with E-state index in [1.807, 2.05) is 24.3 Å². The van der Waals surface area contributed by atoms with Crippen LogP contribution in [0, 0.1) is 0 Å². The van der Waals surface area contributed by atoms with Crippen molar-refractivity contribution in [3.63, 3.8) is 0 Å². The number of benzene rings is 1. The van der Waals surface area contributed by atoms with Crippen LogP contribution in [0.3, 0.4) is 0 Å². The average Bonchev–Trinajstić information content (AvgIpc) is 2.56. The predicted octanol–water partition coefficient (Wildman–Crippen LogP) is 2.54. The highest BCUT2D eigenvalue weighted by molar-refractivity contribution is 5.39. The largest absolute Gasteiger partial charge is 0.493 e. The highest BCUT2D eigenvalue weighted by atomic mass is 16.5. The lowest BCUT2D eigenvalue weighted by Crippen LogP contribution is -2.61. The molecule has 0 aliphatic carbocycles. The molecule has 4 nitrogen and oxygen atoms in total. The molecular weight excluding hydrogens is 264 g/mol. The fourth-order valence-electron chi connectivity index (χ4n) is 3.18. The second kappa shape index (κ2) is 7.66. The Morgan fingerprint density at radius 3 is 2.57 bits per heavy atom. The maximum absolute atomic E-state index is 5.93. The molecule has 1 saturated heterocycles. The summed E-state index contributed by atoms with van der Waals surface area (Å²) in [6.07, 6.45) is 2.34. The van der Waals surface area contributed by atoms with E-state index in [2.05, 4.69) is 24.1 Å². The number of para-hydroxylation sites is 2. The van der Waals surface area contributed by atoms with Crippen LogP contribution >= 0.6 is 0 Å². The topological polar surface area (TPSA) is 33.7 Å². The van der Waals surface area contributed by atoms with Crippen molar-refractivity contribution in [2.45, 2.75) is 32.2 Å². The molecule has 0 atom stereocenters. The number of nitrogens with zero attached hydrogens (tertiary/aromatic N) is 1. The molecule has 1 aromatic carbocycles. The van der Waals surface area contributed by atoms with Gasteiger partial charge in [-0.1, -0.05) is 26.0 Å². The number of hydrogen-bond donors (Lipinski definition) is 1. The average molecular weight is 292 g/mol. The summed E-state index contributed by atoms with van der Waals surface area (Å²) in [5.74, 6) is 1.63. The van der Waals surface area contributed by atoms with Crippen molar-refractivity contribution in [1.29, 1.82) is 0 Å². The third kappa shape index (κ3) is 3.69. The first kappa shape index (κ1) is 16.1. The second-order valence-electron chi connectivity index (χ2n) is 5.59. The number of methoxy groups -OCH3 is 1. The van der Waals surface area contributed by atoms with Gasteiger partial charge in [-0.2, -0.15) is 0 Å². The minimum atomic E-state index is 0.280. The molecule has 0 aromatic heterocycles. The van der Waals surface area contributed by atoms with Crippen LogP contribution in [0.2, 0.25) is 0 Å². The maximum Gasteiger partial charge on any atom is 0.161 e. The number of rotatable bonds is 7. The number of nitrogens with one attached hydrogen (secondary N) is 1. The van der Waals surface area contributed by atoms with Gasteiger partial charge >= 0.3 is 0 Å². The summed E-state index contributed by atoms with van der Waals surface area (Å²) < 4.78 is 11.2. The third-order valence-corrected chi connectivity index (χ3v) is 4.69. The van der Waals surface area contributed by atoms with E-state index in [-0.39, 0.29) is 5.54 Å². The minimum Gasteiger partial charge on any atom is -0.493 e. The van der Waals surface area contributed by atoms with Gasteiger partial charge in [-0.3, -0.25) is 4.90 Å². The molecule has 0 bridgehead atoms. The summed E-state index contributed by atoms with van der Waals surface area (Å²) in [5, 5.41) is 3.53. The van der Waals surface area contributed by atoms with Crippen molar-refractivity contribution in [3.05, 3.63) is 24.3 Å². The summed E-state index contributed by atoms with van der Waals surface area (Å²) in [6, 6.07) is 7.83. The van der Waals surface area contributed by atoms with E-state index >= 15 is 0 Å². The Morgan fingerprint density at radius 2 is 1.90 bits per heavy atom. The molecule has 118 valence electrons. The smallest absolute Gasteiger partial charge is 0.161 e. The highest BCUT2D eigenvalue weighted by Gasteiger charge is 2.35. The van der Waals surface area contributed by atoms with Gasteiger partial charge in [0.25, 0.3) is 0 Å². The molecule has 0 radical (unpaired) electrons. The van der Waals surface area contributed by atoms with Gasteiger partial charge in [0.1, 0.15) is 6.61 Å². The van der Waals surface area contributed by atoms with Gasteiger partial charge < -0.3 is 14.8 Å². The zero-order chi connectivity index (χ0) is 15.1. The molecule has 0 saturated carbocycles. The Kier molecular flexibility index (Phi) is 5.88. The third-order valence-electron chi connectivity index (χ3n) is 4.69. The quantitative estimate of drug-likeness (QED) is 0.837. The number of hydrogen-bond acceptors (Lipinski definition) is 4. The summed E-state index contributed by atoms with van der Waals surface area (Å²) >= 11 is 0. The van der Waals surface area contributed by atoms with Crippen LogP contribution in [0.25, 0.3) is 0 Å². The van der Waals surface area contributed by atoms with Gasteiger partial charge in [-0.15, -0.1) is 0 Å². The van der Waals surface area contributed by atoms with E-state index in [4.69, 9.17) is 9.47 Å². The summed E-state index contributed by atoms with van der Waals surface area (Å²) in [7, 11) is 1.68. The first-order chi connectivity index (χ1) is 10.3. The first-order valence-electron chi connectivity index (χ1n) is 7.97. The van der Waals surface area contributed by atoms with Crippen LogP contribution in [-0.2, 0) is 0 Å². The van der Waals surface area contributed by atoms with E-state index in [9.17, 15) is 0 Å². The molecule has 1 heterocycles. The Morgan fingerprint density at radius 1 is 1.19 bits per heavy atom. The van der Waals surface area contributed by atoms with E-state index in [0.717, 1.165) is 37.7 Å². The first-order valence-corrected chi connectivity index (χ1v) is 7.97. The highest BCUT2D eigenvalue weighted by Crippen LogP contribution is 2.27. The zero-order valence-corrected chi connectivity index (χ0v) is 13.5. The normalized spacial score (nSPS) is 18.4. The van der Waals surface area contributed by atoms with E-state index < -0.39 is 0 Å².